The van der Waals surface area contributed by atoms with Crippen molar-refractivity contribution in [3.8, 4) is 0 Å². The predicted molar refractivity (Wildman–Crippen MR) is 79.2 cm³/mol. The van der Waals surface area contributed by atoms with E-state index in [4.69, 9.17) is 11.6 Å². The zero-order valence-electron chi connectivity index (χ0n) is 11.2. The number of halogens is 1. The molecule has 1 aromatic carbocycles. The van der Waals surface area contributed by atoms with Gasteiger partial charge >= 0.3 is 0 Å². The van der Waals surface area contributed by atoms with E-state index in [1.54, 1.807) is 0 Å². The van der Waals surface area contributed by atoms with E-state index in [9.17, 15) is 8.42 Å². The van der Waals surface area contributed by atoms with Crippen molar-refractivity contribution in [2.45, 2.75) is 30.3 Å². The fourth-order valence-electron chi connectivity index (χ4n) is 2.11. The van der Waals surface area contributed by atoms with Gasteiger partial charge in [-0.05, 0) is 30.0 Å². The molecule has 0 amide bonds. The average molecular weight is 324 g/mol. The number of benzene rings is 1. The Morgan fingerprint density at radius 2 is 1.76 bits per heavy atom. The highest BCUT2D eigenvalue weighted by Crippen LogP contribution is 2.33. The first kappa shape index (κ1) is 14.4. The minimum absolute atomic E-state index is 0.0370. The molecule has 7 heteroatoms. The van der Waals surface area contributed by atoms with Crippen LogP contribution in [0.4, 0.5) is 0 Å². The SMILES string of the molecule is O=S(=O)(c1cnc(Cl)nc1)N(Cc1ccccc1)C1CC1. The smallest absolute Gasteiger partial charge is 0.225 e. The Labute approximate surface area is 128 Å². The lowest BCUT2D eigenvalue weighted by Gasteiger charge is -2.21. The Morgan fingerprint density at radius 1 is 1.14 bits per heavy atom. The number of rotatable bonds is 5. The summed E-state index contributed by atoms with van der Waals surface area (Å²) < 4.78 is 27.0. The van der Waals surface area contributed by atoms with Crippen LogP contribution < -0.4 is 0 Å². The number of aromatic nitrogens is 2. The monoisotopic (exact) mass is 323 g/mol. The molecule has 0 saturated heterocycles. The molecule has 0 atom stereocenters. The van der Waals surface area contributed by atoms with Gasteiger partial charge in [0.15, 0.2) is 0 Å². The van der Waals surface area contributed by atoms with Crippen LogP contribution in [0.25, 0.3) is 0 Å². The van der Waals surface area contributed by atoms with Gasteiger partial charge in [-0.2, -0.15) is 4.31 Å². The molecule has 1 heterocycles. The summed E-state index contributed by atoms with van der Waals surface area (Å²) in [6, 6.07) is 9.61. The van der Waals surface area contributed by atoms with Crippen molar-refractivity contribution in [2.24, 2.45) is 0 Å². The van der Waals surface area contributed by atoms with E-state index >= 15 is 0 Å². The van der Waals surface area contributed by atoms with E-state index in [-0.39, 0.29) is 16.2 Å². The van der Waals surface area contributed by atoms with Gasteiger partial charge in [-0.3, -0.25) is 0 Å². The molecule has 0 unspecified atom stereocenters. The lowest BCUT2D eigenvalue weighted by Crippen LogP contribution is -2.32. The third-order valence-corrected chi connectivity index (χ3v) is 5.39. The second kappa shape index (κ2) is 5.71. The molecule has 2 aromatic rings. The van der Waals surface area contributed by atoms with Gasteiger partial charge in [0.25, 0.3) is 0 Å². The largest absolute Gasteiger partial charge is 0.246 e. The Bertz CT molecular complexity index is 716. The Hall–Kier alpha value is -1.50. The standard InChI is InChI=1S/C14H14ClN3O2S/c15-14-16-8-13(9-17-14)21(19,20)18(12-6-7-12)10-11-4-2-1-3-5-11/h1-5,8-9,12H,6-7,10H2. The molecule has 21 heavy (non-hydrogen) atoms. The fraction of sp³-hybridized carbons (Fsp3) is 0.286. The molecular weight excluding hydrogens is 310 g/mol. The topological polar surface area (TPSA) is 63.2 Å². The van der Waals surface area contributed by atoms with E-state index in [1.807, 2.05) is 30.3 Å². The van der Waals surface area contributed by atoms with Crippen LogP contribution in [-0.2, 0) is 16.6 Å². The first-order valence-corrected chi connectivity index (χ1v) is 8.42. The van der Waals surface area contributed by atoms with Crippen LogP contribution in [0.2, 0.25) is 5.28 Å². The summed E-state index contributed by atoms with van der Waals surface area (Å²) in [5.74, 6) is 0. The van der Waals surface area contributed by atoms with E-state index in [0.717, 1.165) is 18.4 Å². The van der Waals surface area contributed by atoms with Gasteiger partial charge in [-0.25, -0.2) is 18.4 Å². The molecule has 1 aromatic heterocycles. The maximum absolute atomic E-state index is 12.7. The van der Waals surface area contributed by atoms with E-state index in [1.165, 1.54) is 16.7 Å². The maximum atomic E-state index is 12.7. The number of hydrogen-bond donors (Lipinski definition) is 0. The quantitative estimate of drug-likeness (QED) is 0.793. The third kappa shape index (κ3) is 3.23. The highest BCUT2D eigenvalue weighted by Gasteiger charge is 2.38. The second-order valence-corrected chi connectivity index (χ2v) is 7.18. The molecule has 3 rings (SSSR count). The van der Waals surface area contributed by atoms with Crippen LogP contribution in [-0.4, -0.2) is 28.7 Å². The molecular formula is C14H14ClN3O2S. The number of nitrogens with zero attached hydrogens (tertiary/aromatic N) is 3. The van der Waals surface area contributed by atoms with Crippen molar-refractivity contribution in [1.29, 1.82) is 0 Å². The van der Waals surface area contributed by atoms with Crippen LogP contribution in [0.15, 0.2) is 47.6 Å². The van der Waals surface area contributed by atoms with Crippen molar-refractivity contribution in [1.82, 2.24) is 14.3 Å². The van der Waals surface area contributed by atoms with E-state index in [2.05, 4.69) is 9.97 Å². The van der Waals surface area contributed by atoms with E-state index < -0.39 is 10.0 Å². The van der Waals surface area contributed by atoms with Crippen molar-refractivity contribution in [2.75, 3.05) is 0 Å². The summed E-state index contributed by atoms with van der Waals surface area (Å²) in [6.45, 7) is 0.358. The van der Waals surface area contributed by atoms with E-state index in [0.29, 0.717) is 6.54 Å². The second-order valence-electron chi connectivity index (χ2n) is 4.95. The summed E-state index contributed by atoms with van der Waals surface area (Å²) in [6.07, 6.45) is 4.29. The highest BCUT2D eigenvalue weighted by atomic mass is 35.5. The zero-order chi connectivity index (χ0) is 14.9. The Kier molecular flexibility index (Phi) is 3.93. The molecule has 0 spiro atoms. The van der Waals surface area contributed by atoms with Crippen molar-refractivity contribution in [3.05, 3.63) is 53.6 Å². The van der Waals surface area contributed by atoms with Crippen molar-refractivity contribution >= 4 is 21.6 Å². The van der Waals surface area contributed by atoms with Crippen LogP contribution in [0, 0.1) is 0 Å². The van der Waals surface area contributed by atoms with Crippen molar-refractivity contribution < 1.29 is 8.42 Å². The van der Waals surface area contributed by atoms with Gasteiger partial charge in [0.2, 0.25) is 15.3 Å². The predicted octanol–water partition coefficient (Wildman–Crippen LogP) is 2.48. The average Bonchev–Trinajstić information content (AvgIpc) is 3.31. The first-order chi connectivity index (χ1) is 10.1. The van der Waals surface area contributed by atoms with Crippen LogP contribution in [0.1, 0.15) is 18.4 Å². The summed E-state index contributed by atoms with van der Waals surface area (Å²) in [7, 11) is -3.60. The molecule has 0 aliphatic heterocycles. The maximum Gasteiger partial charge on any atom is 0.246 e. The van der Waals surface area contributed by atoms with Gasteiger partial charge in [-0.1, -0.05) is 30.3 Å². The zero-order valence-corrected chi connectivity index (χ0v) is 12.8. The van der Waals surface area contributed by atoms with Crippen LogP contribution in [0.5, 0.6) is 0 Å². The molecule has 1 saturated carbocycles. The molecule has 5 nitrogen and oxygen atoms in total. The highest BCUT2D eigenvalue weighted by molar-refractivity contribution is 7.89. The van der Waals surface area contributed by atoms with Gasteiger partial charge in [-0.15, -0.1) is 0 Å². The van der Waals surface area contributed by atoms with Gasteiger partial charge < -0.3 is 0 Å². The fourth-order valence-corrected chi connectivity index (χ4v) is 3.77. The van der Waals surface area contributed by atoms with Gasteiger partial charge in [0.1, 0.15) is 4.90 Å². The van der Waals surface area contributed by atoms with Crippen molar-refractivity contribution in [3.63, 3.8) is 0 Å². The lowest BCUT2D eigenvalue weighted by atomic mass is 10.2. The summed E-state index contributed by atoms with van der Waals surface area (Å²) >= 11 is 5.62. The Morgan fingerprint density at radius 3 is 2.33 bits per heavy atom. The minimum Gasteiger partial charge on any atom is -0.225 e. The Balaban J connectivity index is 1.91. The number of hydrogen-bond acceptors (Lipinski definition) is 4. The van der Waals surface area contributed by atoms with Gasteiger partial charge in [0.05, 0.1) is 12.4 Å². The number of sulfonamides is 1. The molecule has 0 N–H and O–H groups in total. The molecule has 1 aliphatic carbocycles. The first-order valence-electron chi connectivity index (χ1n) is 6.61. The molecule has 0 radical (unpaired) electrons. The molecule has 1 aliphatic rings. The molecule has 110 valence electrons. The lowest BCUT2D eigenvalue weighted by molar-refractivity contribution is 0.398. The summed E-state index contributed by atoms with van der Waals surface area (Å²) in [5, 5.41) is 0.0370. The summed E-state index contributed by atoms with van der Waals surface area (Å²) in [4.78, 5) is 7.60. The normalized spacial score (nSPS) is 15.3. The van der Waals surface area contributed by atoms with Crippen LogP contribution in [0.3, 0.4) is 0 Å². The third-order valence-electron chi connectivity index (χ3n) is 3.34. The summed E-state index contributed by atoms with van der Waals surface area (Å²) in [5.41, 5.74) is 0.961. The van der Waals surface area contributed by atoms with Gasteiger partial charge in [0, 0.05) is 12.6 Å². The van der Waals surface area contributed by atoms with Crippen LogP contribution >= 0.6 is 11.6 Å². The minimum atomic E-state index is -3.60. The molecule has 1 fully saturated rings. The molecule has 0 bridgehead atoms.